The maximum atomic E-state index is 12.8. The predicted molar refractivity (Wildman–Crippen MR) is 112 cm³/mol. The second-order valence-electron chi connectivity index (χ2n) is 8.64. The zero-order valence-corrected chi connectivity index (χ0v) is 18.7. The Bertz CT molecular complexity index is 619. The fraction of sp³-hybridized carbons (Fsp3) is 0.696. The maximum absolute atomic E-state index is 12.8. The molecule has 0 radical (unpaired) electrons. The van der Waals surface area contributed by atoms with Crippen LogP contribution >= 0.6 is 11.6 Å². The third-order valence-electron chi connectivity index (χ3n) is 6.03. The molecule has 3 heteroatoms. The number of alkyl halides is 1. The lowest BCUT2D eigenvalue weighted by Gasteiger charge is -2.31. The number of hydrogen-bond donors (Lipinski definition) is 0. The molecule has 1 atom stereocenters. The van der Waals surface area contributed by atoms with E-state index >= 15 is 0 Å². The van der Waals surface area contributed by atoms with Crippen molar-refractivity contribution in [2.24, 2.45) is 0 Å². The summed E-state index contributed by atoms with van der Waals surface area (Å²) in [4.78, 5) is 11.9. The molecule has 148 valence electrons. The summed E-state index contributed by atoms with van der Waals surface area (Å²) in [5, 5.41) is 0. The lowest BCUT2D eigenvalue weighted by Crippen LogP contribution is -2.36. The third kappa shape index (κ3) is 5.03. The van der Waals surface area contributed by atoms with Crippen molar-refractivity contribution in [2.75, 3.05) is 0 Å². The smallest absolute Gasteiger partial charge is 0.332 e. The molecule has 2 nitrogen and oxygen atoms in total. The van der Waals surface area contributed by atoms with Crippen molar-refractivity contribution >= 4 is 17.6 Å². The molecule has 1 rings (SSSR count). The fourth-order valence-corrected chi connectivity index (χ4v) is 3.20. The van der Waals surface area contributed by atoms with Gasteiger partial charge in [0.1, 0.15) is 10.6 Å². The van der Waals surface area contributed by atoms with Gasteiger partial charge in [-0.1, -0.05) is 73.9 Å². The van der Waals surface area contributed by atoms with Gasteiger partial charge in [0, 0.05) is 5.56 Å². The Morgan fingerprint density at radius 2 is 1.54 bits per heavy atom. The maximum Gasteiger partial charge on any atom is 0.332 e. The van der Waals surface area contributed by atoms with E-state index in [0.29, 0.717) is 18.6 Å². The Hall–Kier alpha value is -1.02. The molecule has 1 aromatic rings. The molecule has 1 unspecified atom stereocenters. The van der Waals surface area contributed by atoms with Crippen molar-refractivity contribution in [2.45, 2.75) is 103 Å². The van der Waals surface area contributed by atoms with E-state index in [9.17, 15) is 4.79 Å². The second-order valence-corrected chi connectivity index (χ2v) is 9.37. The van der Waals surface area contributed by atoms with E-state index in [1.807, 2.05) is 19.9 Å². The fourth-order valence-electron chi connectivity index (χ4n) is 2.97. The number of benzene rings is 1. The van der Waals surface area contributed by atoms with Crippen molar-refractivity contribution < 1.29 is 9.53 Å². The molecule has 1 aromatic carbocycles. The van der Waals surface area contributed by atoms with E-state index in [1.165, 1.54) is 5.56 Å². The molecule has 0 spiro atoms. The Balaban J connectivity index is 3.37. The minimum Gasteiger partial charge on any atom is -0.425 e. The number of carbonyl (C=O) groups is 1. The van der Waals surface area contributed by atoms with Crippen molar-refractivity contribution in [3.05, 3.63) is 29.3 Å². The summed E-state index contributed by atoms with van der Waals surface area (Å²) in [5.41, 5.74) is 2.36. The summed E-state index contributed by atoms with van der Waals surface area (Å²) in [6.45, 7) is 17.2. The molecule has 0 aliphatic carbocycles. The van der Waals surface area contributed by atoms with Crippen LogP contribution in [0.15, 0.2) is 18.2 Å². The molecular weight excluding hydrogens is 344 g/mol. The van der Waals surface area contributed by atoms with Crippen LogP contribution in [0, 0.1) is 0 Å². The van der Waals surface area contributed by atoms with Crippen LogP contribution in [0.1, 0.15) is 98.6 Å². The second kappa shape index (κ2) is 8.78. The van der Waals surface area contributed by atoms with Crippen LogP contribution in [0.4, 0.5) is 0 Å². The predicted octanol–water partition coefficient (Wildman–Crippen LogP) is 7.15. The molecule has 0 heterocycles. The van der Waals surface area contributed by atoms with Gasteiger partial charge in [0.2, 0.25) is 0 Å². The van der Waals surface area contributed by atoms with Gasteiger partial charge < -0.3 is 4.74 Å². The minimum atomic E-state index is -0.941. The number of ether oxygens (including phenoxy) is 1. The van der Waals surface area contributed by atoms with Gasteiger partial charge in [0.25, 0.3) is 0 Å². The van der Waals surface area contributed by atoms with Crippen molar-refractivity contribution in [3.63, 3.8) is 0 Å². The summed E-state index contributed by atoms with van der Waals surface area (Å²) < 4.78 is 5.87. The first-order chi connectivity index (χ1) is 12.0. The first-order valence-electron chi connectivity index (χ1n) is 10.0. The van der Waals surface area contributed by atoms with E-state index in [0.717, 1.165) is 24.8 Å². The minimum absolute atomic E-state index is 0.0820. The first kappa shape index (κ1) is 23.0. The molecule has 0 amide bonds. The van der Waals surface area contributed by atoms with Gasteiger partial charge in [-0.05, 0) is 48.1 Å². The molecule has 0 N–H and O–H groups in total. The van der Waals surface area contributed by atoms with Gasteiger partial charge in [0.15, 0.2) is 0 Å². The van der Waals surface area contributed by atoms with Crippen LogP contribution < -0.4 is 4.74 Å². The Morgan fingerprint density at radius 3 is 2.00 bits per heavy atom. The third-order valence-corrected chi connectivity index (χ3v) is 6.64. The van der Waals surface area contributed by atoms with E-state index in [-0.39, 0.29) is 16.8 Å². The summed E-state index contributed by atoms with van der Waals surface area (Å²) >= 11 is 6.58. The lowest BCUT2D eigenvalue weighted by atomic mass is 9.76. The zero-order valence-electron chi connectivity index (χ0n) is 18.0. The summed E-state index contributed by atoms with van der Waals surface area (Å²) in [6, 6.07) is 6.26. The molecule has 0 aromatic heterocycles. The van der Waals surface area contributed by atoms with Crippen molar-refractivity contribution in [1.29, 1.82) is 0 Å². The van der Waals surface area contributed by atoms with Gasteiger partial charge in [0.05, 0.1) is 0 Å². The molecule has 0 bridgehead atoms. The van der Waals surface area contributed by atoms with Gasteiger partial charge in [-0.15, -0.1) is 11.6 Å². The van der Waals surface area contributed by atoms with Gasteiger partial charge in [-0.3, -0.25) is 0 Å². The van der Waals surface area contributed by atoms with E-state index in [2.05, 4.69) is 53.7 Å². The van der Waals surface area contributed by atoms with E-state index in [4.69, 9.17) is 16.3 Å². The number of esters is 1. The van der Waals surface area contributed by atoms with Crippen LogP contribution in [-0.2, 0) is 15.6 Å². The van der Waals surface area contributed by atoms with Crippen molar-refractivity contribution in [3.8, 4) is 5.75 Å². The quantitative estimate of drug-likeness (QED) is 0.258. The molecule has 0 aliphatic rings. The highest BCUT2D eigenvalue weighted by molar-refractivity contribution is 6.34. The highest BCUT2D eigenvalue weighted by Gasteiger charge is 2.37. The van der Waals surface area contributed by atoms with E-state index in [1.54, 1.807) is 0 Å². The van der Waals surface area contributed by atoms with Gasteiger partial charge >= 0.3 is 5.97 Å². The van der Waals surface area contributed by atoms with Crippen LogP contribution in [0.25, 0.3) is 0 Å². The van der Waals surface area contributed by atoms with Crippen LogP contribution in [-0.4, -0.2) is 10.8 Å². The molecule has 0 fully saturated rings. The highest BCUT2D eigenvalue weighted by atomic mass is 35.5. The number of rotatable bonds is 9. The largest absolute Gasteiger partial charge is 0.425 e. The highest BCUT2D eigenvalue weighted by Crippen LogP contribution is 2.39. The molecule has 0 aliphatic heterocycles. The first-order valence-corrected chi connectivity index (χ1v) is 10.4. The van der Waals surface area contributed by atoms with E-state index < -0.39 is 4.87 Å². The molecule has 26 heavy (non-hydrogen) atoms. The Morgan fingerprint density at radius 1 is 0.962 bits per heavy atom. The zero-order chi connectivity index (χ0) is 20.2. The van der Waals surface area contributed by atoms with Crippen molar-refractivity contribution in [1.82, 2.24) is 0 Å². The Kier molecular flexibility index (Phi) is 7.77. The van der Waals surface area contributed by atoms with Gasteiger partial charge in [-0.2, -0.15) is 0 Å². The molecule has 0 saturated carbocycles. The standard InChI is InChI=1S/C23H37ClO2/c1-9-15-23(24,12-4)20(25)26-19-14-13-17(21(5,6)10-2)16-18(19)22(7,8)11-3/h13-14,16H,9-12,15H2,1-8H3. The lowest BCUT2D eigenvalue weighted by molar-refractivity contribution is -0.137. The number of carbonyl (C=O) groups excluding carboxylic acids is 1. The topological polar surface area (TPSA) is 26.3 Å². The summed E-state index contributed by atoms with van der Waals surface area (Å²) in [7, 11) is 0. The molecular formula is C23H37ClO2. The molecule has 0 saturated heterocycles. The average Bonchev–Trinajstić information content (AvgIpc) is 2.61. The Labute approximate surface area is 165 Å². The van der Waals surface area contributed by atoms with Crippen LogP contribution in [0.3, 0.4) is 0 Å². The van der Waals surface area contributed by atoms with Crippen LogP contribution in [0.2, 0.25) is 0 Å². The summed E-state index contributed by atoms with van der Waals surface area (Å²) in [5.74, 6) is 0.311. The van der Waals surface area contributed by atoms with Gasteiger partial charge in [-0.25, -0.2) is 4.79 Å². The SMILES string of the molecule is CCCC(Cl)(CC)C(=O)Oc1ccc(C(C)(C)CC)cc1C(C)(C)CC. The number of hydrogen-bond acceptors (Lipinski definition) is 2. The summed E-state index contributed by atoms with van der Waals surface area (Å²) in [6.07, 6.45) is 4.05. The average molecular weight is 381 g/mol. The number of halogens is 1. The monoisotopic (exact) mass is 380 g/mol. The van der Waals surface area contributed by atoms with Crippen LogP contribution in [0.5, 0.6) is 5.75 Å². The normalized spacial score (nSPS) is 14.8.